The molecule has 0 unspecified atom stereocenters. The van der Waals surface area contributed by atoms with Crippen molar-refractivity contribution in [3.63, 3.8) is 0 Å². The highest BCUT2D eigenvalue weighted by molar-refractivity contribution is 5.81. The zero-order valence-corrected chi connectivity index (χ0v) is 13.2. The van der Waals surface area contributed by atoms with E-state index in [4.69, 9.17) is 4.74 Å². The van der Waals surface area contributed by atoms with Crippen LogP contribution < -0.4 is 10.2 Å². The summed E-state index contributed by atoms with van der Waals surface area (Å²) in [6.07, 6.45) is 0. The quantitative estimate of drug-likeness (QED) is 0.799. The number of carbonyl (C=O) groups is 1. The number of benzene rings is 1. The number of nitrogens with one attached hydrogen (secondary N) is 1. The molecule has 0 saturated carbocycles. The predicted molar refractivity (Wildman–Crippen MR) is 84.5 cm³/mol. The fraction of sp³-hybridized carbons (Fsp3) is 0.562. The molecule has 0 spiro atoms. The number of piperazine rings is 1. The highest BCUT2D eigenvalue weighted by atomic mass is 19.1. The van der Waals surface area contributed by atoms with Gasteiger partial charge in [-0.05, 0) is 31.2 Å². The first-order valence-corrected chi connectivity index (χ1v) is 7.63. The second-order valence-electron chi connectivity index (χ2n) is 5.46. The molecule has 1 aromatic rings. The summed E-state index contributed by atoms with van der Waals surface area (Å²) in [6.45, 7) is 6.29. The molecule has 1 atom stereocenters. The van der Waals surface area contributed by atoms with Gasteiger partial charge in [-0.2, -0.15) is 0 Å². The molecule has 1 heterocycles. The molecule has 1 fully saturated rings. The summed E-state index contributed by atoms with van der Waals surface area (Å²) in [5.41, 5.74) is 1.03. The highest BCUT2D eigenvalue weighted by Crippen LogP contribution is 2.17. The van der Waals surface area contributed by atoms with Crippen molar-refractivity contribution in [1.82, 2.24) is 10.2 Å². The molecule has 1 amide bonds. The summed E-state index contributed by atoms with van der Waals surface area (Å²) >= 11 is 0. The molecule has 0 radical (unpaired) electrons. The lowest BCUT2D eigenvalue weighted by Gasteiger charge is -2.38. The maximum atomic E-state index is 13.0. The summed E-state index contributed by atoms with van der Waals surface area (Å²) in [6, 6.07) is 6.41. The van der Waals surface area contributed by atoms with E-state index in [9.17, 15) is 9.18 Å². The van der Waals surface area contributed by atoms with Gasteiger partial charge in [0.15, 0.2) is 0 Å². The molecule has 1 aromatic carbocycles. The van der Waals surface area contributed by atoms with Gasteiger partial charge in [-0.15, -0.1) is 0 Å². The molecule has 2 rings (SSSR count). The van der Waals surface area contributed by atoms with Gasteiger partial charge in [-0.1, -0.05) is 0 Å². The normalized spacial score (nSPS) is 17.3. The average Bonchev–Trinajstić information content (AvgIpc) is 2.55. The maximum absolute atomic E-state index is 13.0. The molecule has 0 aromatic heterocycles. The van der Waals surface area contributed by atoms with Crippen molar-refractivity contribution in [2.24, 2.45) is 0 Å². The van der Waals surface area contributed by atoms with E-state index in [1.807, 2.05) is 6.92 Å². The van der Waals surface area contributed by atoms with Crippen LogP contribution >= 0.6 is 0 Å². The van der Waals surface area contributed by atoms with Crippen molar-refractivity contribution in [3.8, 4) is 0 Å². The molecule has 1 aliphatic heterocycles. The van der Waals surface area contributed by atoms with Crippen LogP contribution in [0.4, 0.5) is 10.1 Å². The van der Waals surface area contributed by atoms with E-state index < -0.39 is 0 Å². The molecule has 5 nitrogen and oxygen atoms in total. The molecule has 0 aliphatic carbocycles. The van der Waals surface area contributed by atoms with Crippen LogP contribution in [0.2, 0.25) is 0 Å². The summed E-state index contributed by atoms with van der Waals surface area (Å²) in [4.78, 5) is 16.4. The lowest BCUT2D eigenvalue weighted by Crippen LogP contribution is -2.54. The van der Waals surface area contributed by atoms with Crippen molar-refractivity contribution in [1.29, 1.82) is 0 Å². The Morgan fingerprint density at radius 1 is 1.27 bits per heavy atom. The number of methoxy groups -OCH3 is 1. The zero-order valence-electron chi connectivity index (χ0n) is 13.2. The minimum Gasteiger partial charge on any atom is -0.383 e. The van der Waals surface area contributed by atoms with Gasteiger partial charge in [0.2, 0.25) is 5.91 Å². The van der Waals surface area contributed by atoms with Gasteiger partial charge in [0.1, 0.15) is 5.82 Å². The number of carbonyl (C=O) groups excluding carboxylic acids is 1. The third-order valence-electron chi connectivity index (χ3n) is 4.04. The van der Waals surface area contributed by atoms with E-state index in [1.165, 1.54) is 12.1 Å². The maximum Gasteiger partial charge on any atom is 0.237 e. The van der Waals surface area contributed by atoms with Crippen molar-refractivity contribution >= 4 is 11.6 Å². The molecule has 0 bridgehead atoms. The van der Waals surface area contributed by atoms with Crippen LogP contribution in [0.1, 0.15) is 6.92 Å². The van der Waals surface area contributed by atoms with Gasteiger partial charge in [0.05, 0.1) is 12.6 Å². The first kappa shape index (κ1) is 16.7. The van der Waals surface area contributed by atoms with Gasteiger partial charge in [-0.25, -0.2) is 4.39 Å². The molecule has 1 aliphatic rings. The molecule has 6 heteroatoms. The van der Waals surface area contributed by atoms with Crippen molar-refractivity contribution in [2.75, 3.05) is 51.3 Å². The SMILES string of the molecule is COCCNC(=O)[C@@H](C)N1CCN(c2ccc(F)cc2)CC1. The number of halogens is 1. The van der Waals surface area contributed by atoms with Crippen LogP contribution in [-0.2, 0) is 9.53 Å². The second-order valence-corrected chi connectivity index (χ2v) is 5.46. The van der Waals surface area contributed by atoms with E-state index in [2.05, 4.69) is 15.1 Å². The number of amides is 1. The lowest BCUT2D eigenvalue weighted by atomic mass is 10.2. The highest BCUT2D eigenvalue weighted by Gasteiger charge is 2.25. The van der Waals surface area contributed by atoms with Gasteiger partial charge in [0, 0.05) is 45.5 Å². The van der Waals surface area contributed by atoms with Crippen LogP contribution in [0.3, 0.4) is 0 Å². The lowest BCUT2D eigenvalue weighted by molar-refractivity contribution is -0.126. The Kier molecular flexibility index (Phi) is 6.15. The minimum absolute atomic E-state index is 0.0345. The Hall–Kier alpha value is -1.66. The van der Waals surface area contributed by atoms with Gasteiger partial charge < -0.3 is 15.0 Å². The Morgan fingerprint density at radius 3 is 2.50 bits per heavy atom. The van der Waals surface area contributed by atoms with E-state index in [-0.39, 0.29) is 17.8 Å². The zero-order chi connectivity index (χ0) is 15.9. The number of ether oxygens (including phenoxy) is 1. The molecular weight excluding hydrogens is 285 g/mol. The summed E-state index contributed by atoms with van der Waals surface area (Å²) in [5.74, 6) is -0.184. The Morgan fingerprint density at radius 2 is 1.91 bits per heavy atom. The summed E-state index contributed by atoms with van der Waals surface area (Å²) in [7, 11) is 1.62. The predicted octanol–water partition coefficient (Wildman–Crippen LogP) is 1.10. The second kappa shape index (κ2) is 8.10. The molecule has 1 saturated heterocycles. The van der Waals surface area contributed by atoms with Gasteiger partial charge in [0.25, 0.3) is 0 Å². The van der Waals surface area contributed by atoms with Crippen molar-refractivity contribution < 1.29 is 13.9 Å². The number of nitrogens with zero attached hydrogens (tertiary/aromatic N) is 2. The van der Waals surface area contributed by atoms with Crippen molar-refractivity contribution in [2.45, 2.75) is 13.0 Å². The minimum atomic E-state index is -0.219. The first-order valence-electron chi connectivity index (χ1n) is 7.63. The first-order chi connectivity index (χ1) is 10.6. The van der Waals surface area contributed by atoms with Crippen LogP contribution in [0.15, 0.2) is 24.3 Å². The molecular formula is C16H24FN3O2. The van der Waals surface area contributed by atoms with E-state index in [0.29, 0.717) is 13.2 Å². The topological polar surface area (TPSA) is 44.8 Å². The van der Waals surface area contributed by atoms with E-state index in [1.54, 1.807) is 19.2 Å². The summed E-state index contributed by atoms with van der Waals surface area (Å²) < 4.78 is 17.9. The largest absolute Gasteiger partial charge is 0.383 e. The van der Waals surface area contributed by atoms with Crippen LogP contribution in [0, 0.1) is 5.82 Å². The van der Waals surface area contributed by atoms with E-state index >= 15 is 0 Å². The number of anilines is 1. The Balaban J connectivity index is 1.81. The van der Waals surface area contributed by atoms with Crippen LogP contribution in [0.25, 0.3) is 0 Å². The number of hydrogen-bond donors (Lipinski definition) is 1. The standard InChI is InChI=1S/C16H24FN3O2/c1-13(16(21)18-7-12-22-2)19-8-10-20(11-9-19)15-5-3-14(17)4-6-15/h3-6,13H,7-12H2,1-2H3,(H,18,21)/t13-/m1/s1. The van der Waals surface area contributed by atoms with E-state index in [0.717, 1.165) is 31.9 Å². The van der Waals surface area contributed by atoms with Crippen molar-refractivity contribution in [3.05, 3.63) is 30.1 Å². The smallest absolute Gasteiger partial charge is 0.237 e. The van der Waals surface area contributed by atoms with Gasteiger partial charge in [-0.3, -0.25) is 9.69 Å². The van der Waals surface area contributed by atoms with Crippen LogP contribution in [-0.4, -0.2) is 63.3 Å². The molecule has 122 valence electrons. The van der Waals surface area contributed by atoms with Crippen LogP contribution in [0.5, 0.6) is 0 Å². The number of hydrogen-bond acceptors (Lipinski definition) is 4. The molecule has 1 N–H and O–H groups in total. The third kappa shape index (κ3) is 4.42. The monoisotopic (exact) mass is 309 g/mol. The number of rotatable bonds is 6. The Bertz CT molecular complexity index is 473. The fourth-order valence-corrected chi connectivity index (χ4v) is 2.61. The third-order valence-corrected chi connectivity index (χ3v) is 4.04. The Labute approximate surface area is 131 Å². The molecule has 22 heavy (non-hydrogen) atoms. The average molecular weight is 309 g/mol. The fourth-order valence-electron chi connectivity index (χ4n) is 2.61. The van der Waals surface area contributed by atoms with Gasteiger partial charge >= 0.3 is 0 Å². The summed E-state index contributed by atoms with van der Waals surface area (Å²) in [5, 5.41) is 2.87.